The largest absolute Gasteiger partial charge is 0.508 e. The number of aliphatic hydroxyl groups is 2. The number of phenolic OH excluding ortho intramolecular Hbond substituents is 1. The van der Waals surface area contributed by atoms with E-state index in [4.69, 9.17) is 24.4 Å². The number of phenols is 1. The Labute approximate surface area is 401 Å². The number of H-pyrrole nitrogens is 1. The van der Waals surface area contributed by atoms with Crippen molar-refractivity contribution in [2.45, 2.75) is 75.1 Å². The van der Waals surface area contributed by atoms with E-state index < -0.39 is 59.3 Å². The van der Waals surface area contributed by atoms with Crippen molar-refractivity contribution in [2.24, 2.45) is 17.6 Å². The van der Waals surface area contributed by atoms with E-state index in [0.717, 1.165) is 43.5 Å². The minimum absolute atomic E-state index is 0.00574. The van der Waals surface area contributed by atoms with Gasteiger partial charge in [0.2, 0.25) is 17.5 Å². The molecule has 3 aromatic carbocycles. The van der Waals surface area contributed by atoms with Crippen LogP contribution < -0.4 is 26.5 Å². The van der Waals surface area contributed by atoms with Crippen LogP contribution in [0.1, 0.15) is 66.3 Å². The van der Waals surface area contributed by atoms with Crippen molar-refractivity contribution in [1.29, 1.82) is 0 Å². The van der Waals surface area contributed by atoms with Crippen LogP contribution in [-0.2, 0) is 25.5 Å². The van der Waals surface area contributed by atoms with Crippen molar-refractivity contribution in [3.8, 4) is 22.6 Å². The summed E-state index contributed by atoms with van der Waals surface area (Å²) >= 11 is 0. The molecule has 1 amide bonds. The van der Waals surface area contributed by atoms with Crippen LogP contribution in [-0.4, -0.2) is 111 Å². The number of allylic oxidation sites excluding steroid dienone is 1. The highest BCUT2D eigenvalue weighted by atomic mass is 33.1. The molecule has 4 heterocycles. The molecule has 16 nitrogen and oxygen atoms in total. The number of carboxylic acids is 1. The van der Waals surface area contributed by atoms with Crippen molar-refractivity contribution in [1.82, 2.24) is 15.6 Å². The molecule has 2 saturated heterocycles. The van der Waals surface area contributed by atoms with Gasteiger partial charge in [-0.05, 0) is 116 Å². The van der Waals surface area contributed by atoms with Gasteiger partial charge in [0, 0.05) is 30.8 Å². The maximum atomic E-state index is 13.9. The summed E-state index contributed by atoms with van der Waals surface area (Å²) in [6.45, 7) is 6.08. The van der Waals surface area contributed by atoms with E-state index in [0.29, 0.717) is 18.7 Å². The van der Waals surface area contributed by atoms with E-state index in [9.17, 15) is 39.6 Å². The van der Waals surface area contributed by atoms with Crippen molar-refractivity contribution < 1.29 is 53.4 Å². The Bertz CT molecular complexity index is 2610. The number of hydrogen-bond donors (Lipinski definition) is 8. The molecule has 68 heavy (non-hydrogen) atoms. The van der Waals surface area contributed by atoms with Crippen molar-refractivity contribution >= 4 is 56.8 Å². The first-order chi connectivity index (χ1) is 32.8. The topological polar surface area (TPSA) is 256 Å². The summed E-state index contributed by atoms with van der Waals surface area (Å²) in [6.07, 6.45) is 5.88. The van der Waals surface area contributed by atoms with Crippen molar-refractivity contribution in [3.63, 3.8) is 0 Å². The molecular weight excluding hydrogens is 913 g/mol. The Hall–Kier alpha value is -5.44. The predicted molar refractivity (Wildman–Crippen MR) is 261 cm³/mol. The number of aryl methyl sites for hydroxylation is 1. The molecule has 0 saturated carbocycles. The molecular formula is C50H58N4O12S2. The smallest absolute Gasteiger partial charge is 0.335 e. The molecule has 2 aliphatic rings. The number of hydrogen-bond acceptors (Lipinski definition) is 15. The Morgan fingerprint density at radius 2 is 1.88 bits per heavy atom. The number of benzene rings is 3. The molecule has 9 N–H and O–H groups in total. The van der Waals surface area contributed by atoms with E-state index in [1.165, 1.54) is 69.6 Å². The molecule has 0 spiro atoms. The first kappa shape index (κ1) is 50.4. The van der Waals surface area contributed by atoms with E-state index in [2.05, 4.69) is 59.8 Å². The van der Waals surface area contributed by atoms with Crippen LogP contribution >= 0.6 is 21.6 Å². The number of amides is 1. The van der Waals surface area contributed by atoms with Gasteiger partial charge in [0.05, 0.1) is 10.9 Å². The summed E-state index contributed by atoms with van der Waals surface area (Å²) in [5.74, 6) is -2.99. The second-order valence-corrected chi connectivity index (χ2v) is 19.7. The number of primary amides is 1. The Morgan fingerprint density at radius 3 is 2.60 bits per heavy atom. The standard InChI is InChI=1S/C50H58N4O12S2/c1-3-20-52-21-7-12-32-10-5-4-9-31(32)11-6-8-30(2)38-25-54-27-49(62)48(66-44(47(60)61)45(58)50(49,28-55)63-29-68-67-26-39(38)34-19-22-53-24-34)64-36-17-18-37-40(23-36)65-43(46(51)59)41(42(37)57)33-13-15-35(56)16-14-33/h4-6,9-11,13-19,22-24,28,30,38-39,44-45,48,52-54,56,58,62H,3,7-8,12,20-21,25-27,29H2,1-2H3,(H2,51,59)(H,60,61)/b11-6+/t30-,38-,39+,44-,45+,48+,49-,50-/m0/s1. The number of nitrogens with one attached hydrogen (secondary N) is 3. The summed E-state index contributed by atoms with van der Waals surface area (Å²) in [4.78, 5) is 55.8. The lowest BCUT2D eigenvalue weighted by Gasteiger charge is -2.53. The van der Waals surface area contributed by atoms with Crippen LogP contribution in [0.2, 0.25) is 0 Å². The molecule has 8 atom stereocenters. The number of aromatic hydroxyl groups is 1. The molecule has 0 bridgehead atoms. The summed E-state index contributed by atoms with van der Waals surface area (Å²) in [7, 11) is 2.73. The first-order valence-electron chi connectivity index (χ1n) is 22.6. The number of nitrogens with two attached hydrogens (primary N) is 1. The molecule has 2 aliphatic heterocycles. The number of β-amino-alcohol motifs (C(OH)–C–C–N with tert-alkyl or cyclic N) is 1. The fourth-order valence-corrected chi connectivity index (χ4v) is 11.1. The Morgan fingerprint density at radius 1 is 1.09 bits per heavy atom. The second kappa shape index (κ2) is 22.8. The van der Waals surface area contributed by atoms with E-state index >= 15 is 0 Å². The van der Waals surface area contributed by atoms with Crippen LogP contribution in [0.4, 0.5) is 0 Å². The minimum Gasteiger partial charge on any atom is -0.508 e. The SMILES string of the molecule is CCCNCCCc1ccccc1/C=C/C[C@H](C)[C@@H]1CNC[C@]2(O)[C@H](Oc3ccc4c(=O)c(-c5ccc(O)cc5)c(C(N)=O)oc4c3)O[C@H](C(=O)O)[C@@H](O)[C@]2(C=O)OCSSC[C@@H]1c1cc[nH]c1. The molecule has 0 aliphatic carbocycles. The Balaban J connectivity index is 1.20. The van der Waals surface area contributed by atoms with Gasteiger partial charge < -0.3 is 60.4 Å². The minimum atomic E-state index is -2.61. The molecule has 2 aromatic heterocycles. The summed E-state index contributed by atoms with van der Waals surface area (Å²) in [5.41, 5.74) is 3.32. The third-order valence-corrected chi connectivity index (χ3v) is 14.9. The molecule has 0 unspecified atom stereocenters. The average Bonchev–Trinajstić information content (AvgIpc) is 3.86. The van der Waals surface area contributed by atoms with Gasteiger partial charge in [-0.2, -0.15) is 0 Å². The molecule has 2 fully saturated rings. The second-order valence-electron chi connectivity index (χ2n) is 17.2. The molecule has 362 valence electrons. The third-order valence-electron chi connectivity index (χ3n) is 12.8. The average molecular weight is 971 g/mol. The number of ether oxygens (including phenoxy) is 3. The van der Waals surface area contributed by atoms with Crippen LogP contribution in [0.3, 0.4) is 0 Å². The lowest BCUT2D eigenvalue weighted by atomic mass is 9.73. The highest BCUT2D eigenvalue weighted by molar-refractivity contribution is 8.76. The number of carbonyl (C=O) groups is 3. The van der Waals surface area contributed by atoms with Crippen LogP contribution in [0, 0.1) is 11.8 Å². The zero-order valence-corrected chi connectivity index (χ0v) is 39.4. The Kier molecular flexibility index (Phi) is 16.9. The number of aromatic nitrogens is 1. The number of rotatable bonds is 17. The van der Waals surface area contributed by atoms with Gasteiger partial charge in [-0.3, -0.25) is 14.4 Å². The van der Waals surface area contributed by atoms with Gasteiger partial charge in [-0.15, -0.1) is 0 Å². The van der Waals surface area contributed by atoms with Gasteiger partial charge in [-0.1, -0.05) is 84.0 Å². The van der Waals surface area contributed by atoms with Crippen LogP contribution in [0.25, 0.3) is 28.2 Å². The number of aliphatic hydroxyl groups excluding tert-OH is 1. The number of carboxylic acid groups (broad SMARTS) is 1. The van der Waals surface area contributed by atoms with E-state index in [-0.39, 0.29) is 63.6 Å². The molecule has 5 aromatic rings. The monoisotopic (exact) mass is 970 g/mol. The van der Waals surface area contributed by atoms with Crippen LogP contribution in [0.15, 0.2) is 100 Å². The zero-order valence-electron chi connectivity index (χ0n) is 37.8. The van der Waals surface area contributed by atoms with E-state index in [1.807, 2.05) is 24.5 Å². The fourth-order valence-electron chi connectivity index (χ4n) is 9.07. The molecule has 7 rings (SSSR count). The maximum Gasteiger partial charge on any atom is 0.335 e. The fraction of sp³-hybridized carbons (Fsp3) is 0.400. The number of fused-ring (bicyclic) bond motifs is 2. The predicted octanol–water partition coefficient (Wildman–Crippen LogP) is 5.84. The highest BCUT2D eigenvalue weighted by Gasteiger charge is 2.69. The van der Waals surface area contributed by atoms with Gasteiger partial charge in [0.15, 0.2) is 23.6 Å². The quantitative estimate of drug-likeness (QED) is 0.0309. The van der Waals surface area contributed by atoms with E-state index in [1.54, 1.807) is 0 Å². The summed E-state index contributed by atoms with van der Waals surface area (Å²) in [6, 6.07) is 19.9. The van der Waals surface area contributed by atoms with Gasteiger partial charge in [-0.25, -0.2) is 4.79 Å². The lowest BCUT2D eigenvalue weighted by Crippen LogP contribution is -2.80. The van der Waals surface area contributed by atoms with Crippen molar-refractivity contribution in [2.75, 3.05) is 37.9 Å². The summed E-state index contributed by atoms with van der Waals surface area (Å²) < 4.78 is 24.1. The number of aliphatic carboxylic acids is 1. The highest BCUT2D eigenvalue weighted by Crippen LogP contribution is 2.44. The van der Waals surface area contributed by atoms with Gasteiger partial charge in [0.25, 0.3) is 5.91 Å². The number of aromatic amines is 1. The van der Waals surface area contributed by atoms with Crippen LogP contribution in [0.5, 0.6) is 11.5 Å². The normalized spacial score (nSPS) is 25.2. The zero-order chi connectivity index (χ0) is 48.4. The number of carbonyl (C=O) groups excluding carboxylic acids is 2. The third kappa shape index (κ3) is 10.9. The van der Waals surface area contributed by atoms with Gasteiger partial charge in [0.1, 0.15) is 29.1 Å². The molecule has 0 radical (unpaired) electrons. The summed E-state index contributed by atoms with van der Waals surface area (Å²) in [5, 5.41) is 51.5. The van der Waals surface area contributed by atoms with Gasteiger partial charge >= 0.3 is 5.97 Å². The molecule has 18 heteroatoms. The first-order valence-corrected chi connectivity index (χ1v) is 25.1. The number of aldehydes is 1. The lowest BCUT2D eigenvalue weighted by molar-refractivity contribution is -0.340. The maximum absolute atomic E-state index is 13.9. The van der Waals surface area contributed by atoms with Crippen molar-refractivity contribution in [3.05, 3.63) is 124 Å².